The van der Waals surface area contributed by atoms with E-state index in [0.717, 1.165) is 17.2 Å². The summed E-state index contributed by atoms with van der Waals surface area (Å²) < 4.78 is 6.75. The van der Waals surface area contributed by atoms with Crippen molar-refractivity contribution in [3.63, 3.8) is 0 Å². The molecule has 3 rings (SSSR count). The molecule has 0 radical (unpaired) electrons. The second kappa shape index (κ2) is 6.20. The monoisotopic (exact) mass is 316 g/mol. The molecule has 22 heavy (non-hydrogen) atoms. The Morgan fingerprint density at radius 3 is 2.73 bits per heavy atom. The van der Waals surface area contributed by atoms with Crippen molar-refractivity contribution in [2.24, 2.45) is 5.84 Å². The van der Waals surface area contributed by atoms with Crippen molar-refractivity contribution in [1.82, 2.24) is 19.6 Å². The fourth-order valence-electron chi connectivity index (χ4n) is 2.00. The number of methoxy groups -OCH3 is 1. The van der Waals surface area contributed by atoms with E-state index in [1.807, 2.05) is 37.3 Å². The molecule has 0 spiro atoms. The quantitative estimate of drug-likeness (QED) is 0.423. The van der Waals surface area contributed by atoms with E-state index in [1.54, 1.807) is 23.4 Å². The topological polar surface area (TPSA) is 90.4 Å². The summed E-state index contributed by atoms with van der Waals surface area (Å²) in [7, 11) is 1.66. The summed E-state index contributed by atoms with van der Waals surface area (Å²) in [6.45, 7) is 1.89. The molecule has 1 aromatic carbocycles. The summed E-state index contributed by atoms with van der Waals surface area (Å²) in [4.78, 5) is 8.76. The van der Waals surface area contributed by atoms with E-state index >= 15 is 0 Å². The number of aromatic nitrogens is 4. The van der Waals surface area contributed by atoms with Crippen LogP contribution in [0.4, 0.5) is 5.82 Å². The minimum atomic E-state index is 0.533. The highest BCUT2D eigenvalue weighted by Crippen LogP contribution is 2.22. The number of nitrogen functional groups attached to an aromatic ring is 1. The minimum Gasteiger partial charge on any atom is -0.497 e. The molecule has 3 aromatic rings. The van der Waals surface area contributed by atoms with Crippen LogP contribution in [0.3, 0.4) is 0 Å². The van der Waals surface area contributed by atoms with Crippen molar-refractivity contribution < 1.29 is 4.74 Å². The van der Waals surface area contributed by atoms with Crippen molar-refractivity contribution in [2.75, 3.05) is 12.5 Å². The lowest BCUT2D eigenvalue weighted by atomic mass is 10.2. The molecule has 0 saturated carbocycles. The third kappa shape index (κ3) is 2.97. The zero-order valence-corrected chi connectivity index (χ0v) is 13.1. The van der Waals surface area contributed by atoms with E-state index in [2.05, 4.69) is 20.5 Å². The summed E-state index contributed by atoms with van der Waals surface area (Å²) in [5, 5.41) is 5.07. The molecule has 114 valence electrons. The van der Waals surface area contributed by atoms with Crippen molar-refractivity contribution in [3.05, 3.63) is 41.6 Å². The molecule has 0 atom stereocenters. The molecule has 0 saturated heterocycles. The van der Waals surface area contributed by atoms with Gasteiger partial charge in [0.25, 0.3) is 5.78 Å². The molecule has 0 aliphatic carbocycles. The molecule has 2 aromatic heterocycles. The first-order valence-electron chi connectivity index (χ1n) is 6.66. The van der Waals surface area contributed by atoms with Crippen LogP contribution in [0.25, 0.3) is 5.78 Å². The van der Waals surface area contributed by atoms with Gasteiger partial charge in [0, 0.05) is 17.5 Å². The Morgan fingerprint density at radius 2 is 2.05 bits per heavy atom. The molecule has 2 heterocycles. The first kappa shape index (κ1) is 14.6. The van der Waals surface area contributed by atoms with E-state index < -0.39 is 0 Å². The van der Waals surface area contributed by atoms with Crippen molar-refractivity contribution in [3.8, 4) is 5.75 Å². The number of hydrogen-bond donors (Lipinski definition) is 2. The van der Waals surface area contributed by atoms with Crippen LogP contribution in [0, 0.1) is 6.92 Å². The van der Waals surface area contributed by atoms with Gasteiger partial charge in [0.15, 0.2) is 0 Å². The van der Waals surface area contributed by atoms with Gasteiger partial charge in [-0.1, -0.05) is 23.9 Å². The number of thioether (sulfide) groups is 1. The smallest absolute Gasteiger partial charge is 0.255 e. The zero-order valence-electron chi connectivity index (χ0n) is 12.3. The van der Waals surface area contributed by atoms with Crippen molar-refractivity contribution >= 4 is 23.4 Å². The summed E-state index contributed by atoms with van der Waals surface area (Å²) in [6, 6.07) is 9.75. The van der Waals surface area contributed by atoms with E-state index in [9.17, 15) is 0 Å². The minimum absolute atomic E-state index is 0.533. The third-order valence-corrected chi connectivity index (χ3v) is 4.00. The van der Waals surface area contributed by atoms with Crippen LogP contribution >= 0.6 is 11.8 Å². The number of anilines is 1. The molecule has 8 heteroatoms. The first-order chi connectivity index (χ1) is 10.7. The Labute approximate surface area is 131 Å². The lowest BCUT2D eigenvalue weighted by Gasteiger charge is -2.02. The number of hydrogen-bond acceptors (Lipinski definition) is 7. The average Bonchev–Trinajstić information content (AvgIpc) is 2.95. The van der Waals surface area contributed by atoms with E-state index in [-0.39, 0.29) is 0 Å². The highest BCUT2D eigenvalue weighted by Gasteiger charge is 2.10. The lowest BCUT2D eigenvalue weighted by Crippen LogP contribution is -2.12. The number of nitrogens with two attached hydrogens (primary N) is 1. The molecule has 0 unspecified atom stereocenters. The maximum atomic E-state index is 5.50. The third-order valence-electron chi connectivity index (χ3n) is 3.10. The summed E-state index contributed by atoms with van der Waals surface area (Å²) in [5.74, 6) is 8.31. The standard InChI is InChI=1S/C14H16N6OS/c1-9-7-12(18-15)20-13(16-9)17-14(19-20)22-8-10-3-5-11(21-2)6-4-10/h3-7,18H,8,15H2,1-2H3. The Kier molecular flexibility index (Phi) is 4.12. The second-order valence-corrected chi connectivity index (χ2v) is 5.61. The van der Waals surface area contributed by atoms with Gasteiger partial charge in [-0.05, 0) is 24.6 Å². The number of ether oxygens (including phenoxy) is 1. The van der Waals surface area contributed by atoms with Crippen LogP contribution in [-0.2, 0) is 5.75 Å². The number of benzene rings is 1. The SMILES string of the molecule is COc1ccc(CSc2nc3nc(C)cc(NN)n3n2)cc1. The molecular weight excluding hydrogens is 300 g/mol. The molecule has 3 N–H and O–H groups in total. The molecule has 0 aliphatic rings. The van der Waals surface area contributed by atoms with Gasteiger partial charge in [0.2, 0.25) is 5.16 Å². The van der Waals surface area contributed by atoms with E-state index in [1.165, 1.54) is 5.56 Å². The molecule has 0 bridgehead atoms. The fourth-order valence-corrected chi connectivity index (χ4v) is 2.78. The number of hydrazine groups is 1. The Bertz CT molecular complexity index is 786. The van der Waals surface area contributed by atoms with Crippen LogP contribution in [0.1, 0.15) is 11.3 Å². The van der Waals surface area contributed by atoms with Gasteiger partial charge in [-0.3, -0.25) is 0 Å². The highest BCUT2D eigenvalue weighted by molar-refractivity contribution is 7.98. The van der Waals surface area contributed by atoms with Gasteiger partial charge in [-0.15, -0.1) is 5.10 Å². The molecule has 0 aliphatic heterocycles. The summed E-state index contributed by atoms with van der Waals surface area (Å²) in [5.41, 5.74) is 4.61. The number of nitrogens with zero attached hydrogens (tertiary/aromatic N) is 4. The number of nitrogens with one attached hydrogen (secondary N) is 1. The van der Waals surface area contributed by atoms with Gasteiger partial charge in [-0.2, -0.15) is 9.50 Å². The summed E-state index contributed by atoms with van der Waals surface area (Å²) >= 11 is 1.55. The Hall–Kier alpha value is -2.32. The lowest BCUT2D eigenvalue weighted by molar-refractivity contribution is 0.414. The highest BCUT2D eigenvalue weighted by atomic mass is 32.2. The van der Waals surface area contributed by atoms with Crippen LogP contribution in [0.2, 0.25) is 0 Å². The number of rotatable bonds is 5. The normalized spacial score (nSPS) is 10.9. The van der Waals surface area contributed by atoms with Gasteiger partial charge in [-0.25, -0.2) is 10.8 Å². The van der Waals surface area contributed by atoms with E-state index in [0.29, 0.717) is 16.8 Å². The zero-order chi connectivity index (χ0) is 15.5. The fraction of sp³-hybridized carbons (Fsp3) is 0.214. The Balaban J connectivity index is 1.78. The molecule has 7 nitrogen and oxygen atoms in total. The number of aryl methyl sites for hydroxylation is 1. The van der Waals surface area contributed by atoms with Gasteiger partial charge in [0.1, 0.15) is 11.6 Å². The largest absolute Gasteiger partial charge is 0.497 e. The number of fused-ring (bicyclic) bond motifs is 1. The average molecular weight is 316 g/mol. The molecule has 0 amide bonds. The second-order valence-electron chi connectivity index (χ2n) is 4.67. The first-order valence-corrected chi connectivity index (χ1v) is 7.65. The van der Waals surface area contributed by atoms with Gasteiger partial charge >= 0.3 is 0 Å². The van der Waals surface area contributed by atoms with E-state index in [4.69, 9.17) is 10.6 Å². The molecular formula is C14H16N6OS. The van der Waals surface area contributed by atoms with Crippen LogP contribution in [0.15, 0.2) is 35.5 Å². The summed E-state index contributed by atoms with van der Waals surface area (Å²) in [6.07, 6.45) is 0. The van der Waals surface area contributed by atoms with Crippen LogP contribution in [-0.4, -0.2) is 26.7 Å². The van der Waals surface area contributed by atoms with Crippen LogP contribution in [0.5, 0.6) is 5.75 Å². The predicted molar refractivity (Wildman–Crippen MR) is 85.9 cm³/mol. The maximum absolute atomic E-state index is 5.50. The Morgan fingerprint density at radius 1 is 1.27 bits per heavy atom. The van der Waals surface area contributed by atoms with Gasteiger partial charge < -0.3 is 10.2 Å². The van der Waals surface area contributed by atoms with Crippen LogP contribution < -0.4 is 16.0 Å². The van der Waals surface area contributed by atoms with Gasteiger partial charge in [0.05, 0.1) is 7.11 Å². The molecule has 0 fully saturated rings. The predicted octanol–water partition coefficient (Wildman–Crippen LogP) is 2.02. The van der Waals surface area contributed by atoms with Crippen molar-refractivity contribution in [1.29, 1.82) is 0 Å². The van der Waals surface area contributed by atoms with Crippen molar-refractivity contribution in [2.45, 2.75) is 17.8 Å². The maximum Gasteiger partial charge on any atom is 0.255 e.